The van der Waals surface area contributed by atoms with Gasteiger partial charge in [-0.05, 0) is 49.1 Å². The summed E-state index contributed by atoms with van der Waals surface area (Å²) in [5.41, 5.74) is 0.0343. The van der Waals surface area contributed by atoms with Crippen molar-refractivity contribution in [1.29, 1.82) is 5.26 Å². The van der Waals surface area contributed by atoms with Crippen molar-refractivity contribution in [2.75, 3.05) is 0 Å². The van der Waals surface area contributed by atoms with Gasteiger partial charge in [0.15, 0.2) is 0 Å². The van der Waals surface area contributed by atoms with Gasteiger partial charge in [-0.15, -0.1) is 0 Å². The number of carboxylic acid groups (broad SMARTS) is 1. The average Bonchev–Trinajstić information content (AvgIpc) is 3.12. The lowest BCUT2D eigenvalue weighted by atomic mass is 9.78. The van der Waals surface area contributed by atoms with Crippen LogP contribution in [-0.4, -0.2) is 11.1 Å². The number of nitrogens with zero attached hydrogens (tertiary/aromatic N) is 1. The molecule has 28 heavy (non-hydrogen) atoms. The monoisotopic (exact) mass is 375 g/mol. The number of benzene rings is 2. The highest BCUT2D eigenvalue weighted by Gasteiger charge is 2.78. The van der Waals surface area contributed by atoms with Crippen LogP contribution in [0.5, 0.6) is 11.5 Å². The van der Waals surface area contributed by atoms with E-state index in [2.05, 4.69) is 6.07 Å². The first-order valence-corrected chi connectivity index (χ1v) is 9.36. The Morgan fingerprint density at radius 1 is 1.14 bits per heavy atom. The van der Waals surface area contributed by atoms with Crippen LogP contribution in [0.15, 0.2) is 66.2 Å². The van der Waals surface area contributed by atoms with Crippen molar-refractivity contribution < 1.29 is 14.6 Å². The van der Waals surface area contributed by atoms with Gasteiger partial charge in [0.1, 0.15) is 16.9 Å². The molecule has 0 spiro atoms. The molecule has 1 fully saturated rings. The third-order valence-electron chi connectivity index (χ3n) is 5.86. The lowest BCUT2D eigenvalue weighted by Gasteiger charge is -2.22. The molecule has 0 aliphatic heterocycles. The van der Waals surface area contributed by atoms with Gasteiger partial charge in [-0.1, -0.05) is 55.8 Å². The molecule has 3 rings (SSSR count). The highest BCUT2D eigenvalue weighted by atomic mass is 16.5. The van der Waals surface area contributed by atoms with Crippen LogP contribution in [-0.2, 0) is 4.79 Å². The van der Waals surface area contributed by atoms with Crippen molar-refractivity contribution in [3.05, 3.63) is 71.8 Å². The molecular weight excluding hydrogens is 350 g/mol. The zero-order valence-corrected chi connectivity index (χ0v) is 16.6. The van der Waals surface area contributed by atoms with Crippen molar-refractivity contribution in [2.24, 2.45) is 16.7 Å². The summed E-state index contributed by atoms with van der Waals surface area (Å²) in [6.07, 6.45) is 1.99. The quantitative estimate of drug-likeness (QED) is 0.650. The highest BCUT2D eigenvalue weighted by molar-refractivity contribution is 5.84. The van der Waals surface area contributed by atoms with E-state index >= 15 is 0 Å². The van der Waals surface area contributed by atoms with E-state index in [1.54, 1.807) is 12.1 Å². The minimum atomic E-state index is -1.16. The summed E-state index contributed by atoms with van der Waals surface area (Å²) in [6, 6.07) is 18.9. The third-order valence-corrected chi connectivity index (χ3v) is 5.86. The summed E-state index contributed by atoms with van der Waals surface area (Å²) < 4.78 is 5.88. The Bertz CT molecular complexity index is 951. The van der Waals surface area contributed by atoms with Crippen molar-refractivity contribution in [1.82, 2.24) is 0 Å². The first-order valence-electron chi connectivity index (χ1n) is 9.36. The number of nitriles is 1. The molecule has 0 amide bonds. The van der Waals surface area contributed by atoms with Crippen LogP contribution in [0.4, 0.5) is 0 Å². The van der Waals surface area contributed by atoms with E-state index in [9.17, 15) is 15.2 Å². The maximum atomic E-state index is 12.4. The van der Waals surface area contributed by atoms with Crippen LogP contribution in [0.25, 0.3) is 0 Å². The zero-order chi connectivity index (χ0) is 20.5. The lowest BCUT2D eigenvalue weighted by Crippen LogP contribution is -2.28. The third kappa shape index (κ3) is 3.07. The number of aliphatic carboxylic acids is 1. The number of carboxylic acids is 1. The highest BCUT2D eigenvalue weighted by Crippen LogP contribution is 2.75. The molecule has 1 saturated carbocycles. The van der Waals surface area contributed by atoms with E-state index in [1.165, 1.54) is 0 Å². The second kappa shape index (κ2) is 7.16. The molecule has 1 aliphatic carbocycles. The van der Waals surface area contributed by atoms with E-state index in [0.29, 0.717) is 17.1 Å². The molecule has 1 N–H and O–H groups in total. The fourth-order valence-corrected chi connectivity index (χ4v) is 4.42. The fourth-order valence-electron chi connectivity index (χ4n) is 4.42. The molecule has 1 unspecified atom stereocenters. The number of carbonyl (C=O) groups is 1. The van der Waals surface area contributed by atoms with Gasteiger partial charge in [-0.2, -0.15) is 5.26 Å². The molecule has 0 saturated heterocycles. The van der Waals surface area contributed by atoms with Crippen molar-refractivity contribution in [3.63, 3.8) is 0 Å². The zero-order valence-electron chi connectivity index (χ0n) is 16.6. The minimum absolute atomic E-state index is 0.203. The largest absolute Gasteiger partial charge is 0.481 e. The number of hydrogen-bond donors (Lipinski definition) is 1. The number of hydrogen-bond acceptors (Lipinski definition) is 3. The molecule has 0 heterocycles. The number of ether oxygens (including phenoxy) is 1. The number of rotatable bonds is 6. The van der Waals surface area contributed by atoms with Crippen LogP contribution >= 0.6 is 0 Å². The molecule has 0 radical (unpaired) electrons. The van der Waals surface area contributed by atoms with Gasteiger partial charge in [0.05, 0.1) is 12.0 Å². The molecular formula is C24H25NO3. The minimum Gasteiger partial charge on any atom is -0.481 e. The predicted molar refractivity (Wildman–Crippen MR) is 108 cm³/mol. The van der Waals surface area contributed by atoms with Crippen molar-refractivity contribution >= 4 is 5.97 Å². The molecule has 2 aromatic rings. The van der Waals surface area contributed by atoms with Gasteiger partial charge < -0.3 is 9.84 Å². The molecule has 0 aromatic heterocycles. The topological polar surface area (TPSA) is 70.3 Å². The van der Waals surface area contributed by atoms with Crippen molar-refractivity contribution in [2.45, 2.75) is 33.6 Å². The molecule has 0 bridgehead atoms. The van der Waals surface area contributed by atoms with Gasteiger partial charge in [-0.3, -0.25) is 4.79 Å². The summed E-state index contributed by atoms with van der Waals surface area (Å²) in [4.78, 5) is 12.4. The van der Waals surface area contributed by atoms with E-state index in [4.69, 9.17) is 4.74 Å². The van der Waals surface area contributed by atoms with Gasteiger partial charge in [0, 0.05) is 5.92 Å². The van der Waals surface area contributed by atoms with Gasteiger partial charge in [0.2, 0.25) is 0 Å². The molecule has 4 heteroatoms. The Balaban J connectivity index is 2.01. The second-order valence-electron chi connectivity index (χ2n) is 8.17. The summed E-state index contributed by atoms with van der Waals surface area (Å²) in [5.74, 6) is -0.635. The van der Waals surface area contributed by atoms with Crippen molar-refractivity contribution in [3.8, 4) is 17.6 Å². The van der Waals surface area contributed by atoms with E-state index in [0.717, 1.165) is 5.57 Å². The maximum Gasteiger partial charge on any atom is 0.312 e. The standard InChI is InChI=1S/C24H25NO3/c1-16(2)13-21-23(3,4)24(21,22(26)27)20(15-25)17-9-8-12-19(14-17)28-18-10-6-5-7-11-18/h5-14,20-21H,1-4H3,(H,26,27)/t20-,21?,24-/m1/s1. The number of allylic oxidation sites excluding steroid dienone is 2. The van der Waals surface area contributed by atoms with E-state index in [-0.39, 0.29) is 5.92 Å². The average molecular weight is 375 g/mol. The Morgan fingerprint density at radius 2 is 1.79 bits per heavy atom. The SMILES string of the molecule is CC(C)=CC1C(C)(C)[C@]1(C(=O)O)[C@H](C#N)c1cccc(Oc2ccccc2)c1. The van der Waals surface area contributed by atoms with E-state index in [1.807, 2.05) is 76.2 Å². The normalized spacial score (nSPS) is 23.2. The molecule has 2 aromatic carbocycles. The molecule has 1 aliphatic rings. The summed E-state index contributed by atoms with van der Waals surface area (Å²) >= 11 is 0. The Morgan fingerprint density at radius 3 is 2.36 bits per heavy atom. The molecule has 3 atom stereocenters. The fraction of sp³-hybridized carbons (Fsp3) is 0.333. The first kappa shape index (κ1) is 19.7. The van der Waals surface area contributed by atoms with Crippen LogP contribution in [0, 0.1) is 28.1 Å². The summed E-state index contributed by atoms with van der Waals surface area (Å²) in [7, 11) is 0. The second-order valence-corrected chi connectivity index (χ2v) is 8.17. The van der Waals surface area contributed by atoms with Crippen LogP contribution in [0.3, 0.4) is 0 Å². The molecule has 4 nitrogen and oxygen atoms in total. The smallest absolute Gasteiger partial charge is 0.312 e. The van der Waals surface area contributed by atoms with Crippen LogP contribution in [0.2, 0.25) is 0 Å². The Kier molecular flexibility index (Phi) is 5.04. The van der Waals surface area contributed by atoms with Crippen LogP contribution in [0.1, 0.15) is 39.2 Å². The number of para-hydroxylation sites is 1. The first-order chi connectivity index (χ1) is 13.2. The van der Waals surface area contributed by atoms with Crippen LogP contribution < -0.4 is 4.74 Å². The summed E-state index contributed by atoms with van der Waals surface area (Å²) in [5, 5.41) is 20.2. The predicted octanol–water partition coefficient (Wildman–Crippen LogP) is 5.78. The summed E-state index contributed by atoms with van der Waals surface area (Å²) in [6.45, 7) is 7.77. The van der Waals surface area contributed by atoms with Gasteiger partial charge in [-0.25, -0.2) is 0 Å². The van der Waals surface area contributed by atoms with E-state index < -0.39 is 22.7 Å². The molecule has 144 valence electrons. The van der Waals surface area contributed by atoms with Gasteiger partial charge in [0.25, 0.3) is 0 Å². The maximum absolute atomic E-state index is 12.4. The van der Waals surface area contributed by atoms with Gasteiger partial charge >= 0.3 is 5.97 Å². The lowest BCUT2D eigenvalue weighted by molar-refractivity contribution is -0.145. The Labute approximate surface area is 166 Å². The Hall–Kier alpha value is -3.06.